The summed E-state index contributed by atoms with van der Waals surface area (Å²) in [5.41, 5.74) is -0.493. The van der Waals surface area contributed by atoms with Crippen molar-refractivity contribution in [3.8, 4) is 12.3 Å². The highest BCUT2D eigenvalue weighted by Gasteiger charge is 2.24. The standard InChI is InChI=1S/C16H27NO2/c1-8-9-12-17(14(4)11-10-13(2)3)15(18)19-16(5,6)7/h1,10-11,13-14H,9,12H2,2-7H3/b11-10+. The molecule has 0 aromatic rings. The number of hydrogen-bond donors (Lipinski definition) is 0. The molecule has 0 rings (SSSR count). The van der Waals surface area contributed by atoms with E-state index >= 15 is 0 Å². The molecule has 0 aliphatic carbocycles. The van der Waals surface area contributed by atoms with Crippen LogP contribution in [0.15, 0.2) is 12.2 Å². The Kier molecular flexibility index (Phi) is 7.29. The summed E-state index contributed by atoms with van der Waals surface area (Å²) in [6, 6.07) is -0.0226. The molecule has 0 heterocycles. The van der Waals surface area contributed by atoms with Crippen LogP contribution < -0.4 is 0 Å². The third kappa shape index (κ3) is 8.31. The minimum absolute atomic E-state index is 0.0226. The topological polar surface area (TPSA) is 29.5 Å². The van der Waals surface area contributed by atoms with Crippen LogP contribution in [0.3, 0.4) is 0 Å². The van der Waals surface area contributed by atoms with E-state index in [1.165, 1.54) is 0 Å². The summed E-state index contributed by atoms with van der Waals surface area (Å²) in [4.78, 5) is 13.8. The molecule has 0 aliphatic rings. The molecule has 0 aliphatic heterocycles. The van der Waals surface area contributed by atoms with Crippen LogP contribution >= 0.6 is 0 Å². The van der Waals surface area contributed by atoms with Gasteiger partial charge in [-0.05, 0) is 33.6 Å². The van der Waals surface area contributed by atoms with Crippen molar-refractivity contribution in [2.24, 2.45) is 5.92 Å². The first-order chi connectivity index (χ1) is 8.67. The first-order valence-corrected chi connectivity index (χ1v) is 6.78. The maximum Gasteiger partial charge on any atom is 0.410 e. The van der Waals surface area contributed by atoms with Crippen LogP contribution in [0.2, 0.25) is 0 Å². The van der Waals surface area contributed by atoms with Gasteiger partial charge in [0.1, 0.15) is 5.60 Å². The Balaban J connectivity index is 4.80. The van der Waals surface area contributed by atoms with Gasteiger partial charge in [-0.2, -0.15) is 0 Å². The maximum atomic E-state index is 12.2. The third-order valence-electron chi connectivity index (χ3n) is 2.39. The molecule has 0 saturated heterocycles. The van der Waals surface area contributed by atoms with E-state index in [1.807, 2.05) is 33.8 Å². The second-order valence-corrected chi connectivity index (χ2v) is 6.00. The van der Waals surface area contributed by atoms with Crippen molar-refractivity contribution in [1.29, 1.82) is 0 Å². The van der Waals surface area contributed by atoms with Crippen molar-refractivity contribution in [1.82, 2.24) is 4.90 Å². The molecule has 1 atom stereocenters. The number of terminal acetylenes is 1. The zero-order chi connectivity index (χ0) is 15.1. The van der Waals surface area contributed by atoms with Gasteiger partial charge in [-0.25, -0.2) is 4.79 Å². The fourth-order valence-electron chi connectivity index (χ4n) is 1.45. The SMILES string of the molecule is C#CCCN(C(=O)OC(C)(C)C)C(C)/C=C/C(C)C. The predicted octanol–water partition coefficient (Wildman–Crippen LogP) is 3.85. The van der Waals surface area contributed by atoms with E-state index in [0.29, 0.717) is 18.9 Å². The summed E-state index contributed by atoms with van der Waals surface area (Å²) in [5.74, 6) is 3.02. The van der Waals surface area contributed by atoms with Gasteiger partial charge in [-0.15, -0.1) is 12.3 Å². The molecule has 0 radical (unpaired) electrons. The van der Waals surface area contributed by atoms with Crippen molar-refractivity contribution < 1.29 is 9.53 Å². The molecule has 0 aromatic carbocycles. The van der Waals surface area contributed by atoms with Crippen LogP contribution in [-0.2, 0) is 4.74 Å². The fraction of sp³-hybridized carbons (Fsp3) is 0.688. The van der Waals surface area contributed by atoms with Gasteiger partial charge in [0, 0.05) is 13.0 Å². The molecule has 0 saturated carbocycles. The van der Waals surface area contributed by atoms with Gasteiger partial charge in [0.05, 0.1) is 6.04 Å². The number of amides is 1. The minimum atomic E-state index is -0.493. The molecular weight excluding hydrogens is 238 g/mol. The first-order valence-electron chi connectivity index (χ1n) is 6.78. The monoisotopic (exact) mass is 265 g/mol. The average molecular weight is 265 g/mol. The summed E-state index contributed by atoms with van der Waals surface area (Å²) in [5, 5.41) is 0. The normalized spacial score (nSPS) is 13.4. The first kappa shape index (κ1) is 17.6. The molecule has 3 nitrogen and oxygen atoms in total. The Morgan fingerprint density at radius 3 is 2.32 bits per heavy atom. The largest absolute Gasteiger partial charge is 0.444 e. The van der Waals surface area contributed by atoms with Gasteiger partial charge in [0.2, 0.25) is 0 Å². The van der Waals surface area contributed by atoms with E-state index < -0.39 is 5.60 Å². The third-order valence-corrected chi connectivity index (χ3v) is 2.39. The molecule has 1 unspecified atom stereocenters. The maximum absolute atomic E-state index is 12.2. The lowest BCUT2D eigenvalue weighted by Gasteiger charge is -2.30. The highest BCUT2D eigenvalue weighted by atomic mass is 16.6. The van der Waals surface area contributed by atoms with Gasteiger partial charge >= 0.3 is 6.09 Å². The molecule has 1 amide bonds. The molecule has 0 fully saturated rings. The molecule has 0 spiro atoms. The molecule has 19 heavy (non-hydrogen) atoms. The van der Waals surface area contributed by atoms with Gasteiger partial charge in [0.15, 0.2) is 0 Å². The number of carbonyl (C=O) groups excluding carboxylic acids is 1. The zero-order valence-electron chi connectivity index (χ0n) is 13.1. The quantitative estimate of drug-likeness (QED) is 0.558. The molecule has 3 heteroatoms. The predicted molar refractivity (Wildman–Crippen MR) is 79.8 cm³/mol. The van der Waals surface area contributed by atoms with E-state index in [4.69, 9.17) is 11.2 Å². The second kappa shape index (κ2) is 7.89. The Bertz CT molecular complexity index is 345. The van der Waals surface area contributed by atoms with Crippen LogP contribution in [0.5, 0.6) is 0 Å². The van der Waals surface area contributed by atoms with E-state index in [0.717, 1.165) is 0 Å². The number of carbonyl (C=O) groups is 1. The van der Waals surface area contributed by atoms with Crippen LogP contribution in [0.25, 0.3) is 0 Å². The average Bonchev–Trinajstić information content (AvgIpc) is 2.24. The highest BCUT2D eigenvalue weighted by molar-refractivity contribution is 5.68. The Hall–Kier alpha value is -1.43. The van der Waals surface area contributed by atoms with Crippen molar-refractivity contribution in [3.63, 3.8) is 0 Å². The molecule has 108 valence electrons. The van der Waals surface area contributed by atoms with E-state index in [-0.39, 0.29) is 12.1 Å². The van der Waals surface area contributed by atoms with Crippen LogP contribution in [0.1, 0.15) is 48.0 Å². The van der Waals surface area contributed by atoms with Crippen molar-refractivity contribution >= 4 is 6.09 Å². The minimum Gasteiger partial charge on any atom is -0.444 e. The number of rotatable bonds is 5. The summed E-state index contributed by atoms with van der Waals surface area (Å²) >= 11 is 0. The lowest BCUT2D eigenvalue weighted by atomic mass is 10.1. The number of hydrogen-bond acceptors (Lipinski definition) is 2. The second-order valence-electron chi connectivity index (χ2n) is 6.00. The van der Waals surface area contributed by atoms with E-state index in [9.17, 15) is 4.79 Å². The van der Waals surface area contributed by atoms with Crippen LogP contribution in [0, 0.1) is 18.3 Å². The Morgan fingerprint density at radius 2 is 1.89 bits per heavy atom. The Labute approximate surface area is 118 Å². The van der Waals surface area contributed by atoms with Crippen molar-refractivity contribution in [2.45, 2.75) is 59.6 Å². The number of nitrogens with zero attached hydrogens (tertiary/aromatic N) is 1. The molecule has 0 bridgehead atoms. The van der Waals surface area contributed by atoms with Gasteiger partial charge in [-0.3, -0.25) is 0 Å². The summed E-state index contributed by atoms with van der Waals surface area (Å²) < 4.78 is 5.41. The molecule has 0 aromatic heterocycles. The summed E-state index contributed by atoms with van der Waals surface area (Å²) in [6.45, 7) is 12.3. The van der Waals surface area contributed by atoms with Gasteiger partial charge in [0.25, 0.3) is 0 Å². The Morgan fingerprint density at radius 1 is 1.32 bits per heavy atom. The van der Waals surface area contributed by atoms with Crippen LogP contribution in [0.4, 0.5) is 4.79 Å². The van der Waals surface area contributed by atoms with Crippen molar-refractivity contribution in [2.75, 3.05) is 6.54 Å². The number of allylic oxidation sites excluding steroid dienone is 1. The van der Waals surface area contributed by atoms with Crippen molar-refractivity contribution in [3.05, 3.63) is 12.2 Å². The number of ether oxygens (including phenoxy) is 1. The van der Waals surface area contributed by atoms with Crippen LogP contribution in [-0.4, -0.2) is 29.2 Å². The van der Waals surface area contributed by atoms with E-state index in [1.54, 1.807) is 4.90 Å². The fourth-order valence-corrected chi connectivity index (χ4v) is 1.45. The molecule has 0 N–H and O–H groups in total. The highest BCUT2D eigenvalue weighted by Crippen LogP contribution is 2.13. The lowest BCUT2D eigenvalue weighted by molar-refractivity contribution is 0.0216. The van der Waals surface area contributed by atoms with Gasteiger partial charge < -0.3 is 9.64 Å². The lowest BCUT2D eigenvalue weighted by Crippen LogP contribution is -2.42. The summed E-state index contributed by atoms with van der Waals surface area (Å²) in [6.07, 6.45) is 9.59. The van der Waals surface area contributed by atoms with Gasteiger partial charge in [-0.1, -0.05) is 26.0 Å². The zero-order valence-corrected chi connectivity index (χ0v) is 13.1. The smallest absolute Gasteiger partial charge is 0.410 e. The van der Waals surface area contributed by atoms with E-state index in [2.05, 4.69) is 25.8 Å². The molecular formula is C16H27NO2. The summed E-state index contributed by atoms with van der Waals surface area (Å²) in [7, 11) is 0.